The second kappa shape index (κ2) is 24.3. The number of nitrogens with one attached hydrogen (secondary N) is 3. The third kappa shape index (κ3) is 17.2. The highest BCUT2D eigenvalue weighted by atomic mass is 28.3. The number of carbonyl (C=O) groups is 8. The fourth-order valence-electron chi connectivity index (χ4n) is 7.47. The smallest absolute Gasteiger partial charge is 0.329 e. The molecule has 6 fully saturated rings. The molecule has 0 unspecified atom stereocenters. The Morgan fingerprint density at radius 2 is 1.01 bits per heavy atom. The number of ether oxygens (including phenoxy) is 4. The molecule has 68 heavy (non-hydrogen) atoms. The molecular weight excluding hydrogens is 915 g/mol. The minimum Gasteiger partial charge on any atom is -0.379 e. The topological polar surface area (TPSA) is 229 Å². The van der Waals surface area contributed by atoms with Crippen LogP contribution in [0.2, 0.25) is 51.4 Å². The summed E-state index contributed by atoms with van der Waals surface area (Å²) in [5, 5.41) is 6.91. The van der Waals surface area contributed by atoms with Crippen molar-refractivity contribution in [2.75, 3.05) is 105 Å². The van der Waals surface area contributed by atoms with Gasteiger partial charge in [-0.25, -0.2) is 19.3 Å². The second-order valence-corrected chi connectivity index (χ2v) is 33.8. The van der Waals surface area contributed by atoms with Gasteiger partial charge in [0.1, 0.15) is 30.1 Å². The van der Waals surface area contributed by atoms with E-state index in [0.29, 0.717) is 32.7 Å². The Balaban J connectivity index is 0.000000253. The summed E-state index contributed by atoms with van der Waals surface area (Å²) in [6, 6.07) is 1.13. The molecule has 23 heteroatoms. The molecule has 6 aliphatic heterocycles. The molecule has 0 saturated carbocycles. The van der Waals surface area contributed by atoms with E-state index < -0.39 is 44.2 Å². The van der Waals surface area contributed by atoms with Crippen molar-refractivity contribution < 1.29 is 57.3 Å². The number of amides is 11. The van der Waals surface area contributed by atoms with Crippen LogP contribution in [0.1, 0.15) is 61.8 Å². The number of rotatable bonds is 16. The molecule has 0 aliphatic carbocycles. The second-order valence-electron chi connectivity index (χ2n) is 22.5. The molecule has 0 aromatic carbocycles. The van der Waals surface area contributed by atoms with Crippen molar-refractivity contribution in [2.24, 2.45) is 5.41 Å². The van der Waals surface area contributed by atoms with Gasteiger partial charge in [-0.3, -0.25) is 49.3 Å². The summed E-state index contributed by atoms with van der Waals surface area (Å²) in [5.74, 6) is -0.895. The molecule has 21 nitrogen and oxygen atoms in total. The van der Waals surface area contributed by atoms with Crippen LogP contribution >= 0.6 is 0 Å². The van der Waals surface area contributed by atoms with Crippen molar-refractivity contribution in [3.63, 3.8) is 0 Å². The summed E-state index contributed by atoms with van der Waals surface area (Å²) in [7, 11) is -2.29. The number of likely N-dealkylation sites (tertiary alicyclic amines) is 1. The lowest BCUT2D eigenvalue weighted by Crippen LogP contribution is -2.48. The van der Waals surface area contributed by atoms with Crippen LogP contribution in [0.15, 0.2) is 0 Å². The number of imide groups is 4. The van der Waals surface area contributed by atoms with Gasteiger partial charge in [-0.1, -0.05) is 53.1 Å². The van der Waals surface area contributed by atoms with Crippen LogP contribution in [0.4, 0.5) is 14.4 Å². The summed E-state index contributed by atoms with van der Waals surface area (Å²) in [6.07, 6.45) is 0.295. The molecule has 6 aliphatic rings. The van der Waals surface area contributed by atoms with Crippen LogP contribution in [0.5, 0.6) is 0 Å². The zero-order chi connectivity index (χ0) is 51.5. The van der Waals surface area contributed by atoms with Gasteiger partial charge < -0.3 is 34.1 Å². The Kier molecular flexibility index (Phi) is 20.9. The van der Waals surface area contributed by atoms with E-state index in [-0.39, 0.29) is 55.1 Å². The van der Waals surface area contributed by atoms with E-state index in [9.17, 15) is 38.4 Å². The van der Waals surface area contributed by atoms with E-state index in [0.717, 1.165) is 77.8 Å². The molecule has 0 spiro atoms. The maximum atomic E-state index is 12.7. The summed E-state index contributed by atoms with van der Waals surface area (Å²) in [4.78, 5) is 103. The Morgan fingerprint density at radius 1 is 0.559 bits per heavy atom. The monoisotopic (exact) mass is 998 g/mol. The lowest BCUT2D eigenvalue weighted by molar-refractivity contribution is -0.146. The van der Waals surface area contributed by atoms with Crippen molar-refractivity contribution >= 4 is 63.8 Å². The van der Waals surface area contributed by atoms with Gasteiger partial charge in [0, 0.05) is 88.1 Å². The van der Waals surface area contributed by atoms with Crippen LogP contribution in [-0.4, -0.2) is 215 Å². The minimum absolute atomic E-state index is 0.0552. The molecule has 0 aromatic heterocycles. The molecule has 0 bridgehead atoms. The molecule has 11 amide bonds. The fraction of sp³-hybridized carbons (Fsp3) is 0.822. The van der Waals surface area contributed by atoms with Crippen LogP contribution in [0, 0.1) is 5.41 Å². The van der Waals surface area contributed by atoms with E-state index in [4.69, 9.17) is 18.9 Å². The SMILES string of the molecule is CC1(C)C(=O)N(COCC[Si](C)(C)C)C(=O)N1CCN1CCOCC1.CC1(C)C(=O)NC(=O)N1CCN1CCOCC1.CC1(C)CC(=O)N(COCC[Si](C)(C)C)C1=O.CC1(C)NC(=O)NC1=O. The van der Waals surface area contributed by atoms with E-state index in [1.165, 1.54) is 9.80 Å². The van der Waals surface area contributed by atoms with Gasteiger partial charge in [0.25, 0.3) is 17.7 Å². The highest BCUT2D eigenvalue weighted by Gasteiger charge is 2.51. The molecule has 0 atom stereocenters. The number of urea groups is 3. The van der Waals surface area contributed by atoms with Crippen molar-refractivity contribution in [1.29, 1.82) is 0 Å². The van der Waals surface area contributed by atoms with Crippen LogP contribution < -0.4 is 16.0 Å². The number of hydrogen-bond donors (Lipinski definition) is 3. The predicted molar refractivity (Wildman–Crippen MR) is 261 cm³/mol. The number of nitrogens with zero attached hydrogens (tertiary/aromatic N) is 6. The zero-order valence-electron chi connectivity index (χ0n) is 43.5. The summed E-state index contributed by atoms with van der Waals surface area (Å²) < 4.78 is 21.7. The Hall–Kier alpha value is -3.85. The van der Waals surface area contributed by atoms with Crippen molar-refractivity contribution in [3.05, 3.63) is 0 Å². The molecular formula is C45H83N9O12Si2. The van der Waals surface area contributed by atoms with Gasteiger partial charge in [0.2, 0.25) is 11.8 Å². The lowest BCUT2D eigenvalue weighted by Gasteiger charge is -2.32. The third-order valence-electron chi connectivity index (χ3n) is 12.5. The highest BCUT2D eigenvalue weighted by Crippen LogP contribution is 2.31. The van der Waals surface area contributed by atoms with Crippen molar-refractivity contribution in [3.8, 4) is 0 Å². The van der Waals surface area contributed by atoms with Crippen LogP contribution in [0.3, 0.4) is 0 Å². The number of hydrogen-bond acceptors (Lipinski definition) is 14. The number of carbonyl (C=O) groups excluding carboxylic acids is 8. The maximum absolute atomic E-state index is 12.7. The van der Waals surface area contributed by atoms with Crippen molar-refractivity contribution in [1.82, 2.24) is 45.3 Å². The van der Waals surface area contributed by atoms with E-state index in [2.05, 4.69) is 65.0 Å². The van der Waals surface area contributed by atoms with Crippen LogP contribution in [-0.2, 0) is 42.9 Å². The zero-order valence-corrected chi connectivity index (χ0v) is 45.5. The highest BCUT2D eigenvalue weighted by molar-refractivity contribution is 6.76. The first-order valence-electron chi connectivity index (χ1n) is 23.8. The molecule has 388 valence electrons. The molecule has 3 N–H and O–H groups in total. The summed E-state index contributed by atoms with van der Waals surface area (Å²) >= 11 is 0. The van der Waals surface area contributed by atoms with E-state index >= 15 is 0 Å². The normalized spacial score (nSPS) is 22.6. The Morgan fingerprint density at radius 3 is 1.37 bits per heavy atom. The number of morpholine rings is 2. The van der Waals surface area contributed by atoms with Crippen LogP contribution in [0.25, 0.3) is 0 Å². The first-order valence-corrected chi connectivity index (χ1v) is 31.2. The van der Waals surface area contributed by atoms with Gasteiger partial charge in [0.15, 0.2) is 0 Å². The van der Waals surface area contributed by atoms with Gasteiger partial charge >= 0.3 is 18.1 Å². The first kappa shape index (κ1) is 58.5. The minimum atomic E-state index is -1.18. The average Bonchev–Trinajstić information content (AvgIpc) is 3.74. The fourth-order valence-corrected chi connectivity index (χ4v) is 8.99. The molecule has 6 heterocycles. The summed E-state index contributed by atoms with van der Waals surface area (Å²) in [5.41, 5.74) is -2.83. The quantitative estimate of drug-likeness (QED) is 0.0875. The van der Waals surface area contributed by atoms with Gasteiger partial charge in [-0.2, -0.15) is 0 Å². The molecule has 6 rings (SSSR count). The average molecular weight is 998 g/mol. The Labute approximate surface area is 405 Å². The lowest BCUT2D eigenvalue weighted by atomic mass is 9.92. The van der Waals surface area contributed by atoms with Gasteiger partial charge in [-0.15, -0.1) is 0 Å². The standard InChI is InChI=1S/C17H33N3O4Si.C12H23NO3Si.C11H19N3O3.C5H8N2O2/c1-17(2)15(21)19(14-24-12-13-25(3,4)5)16(22)20(17)7-6-18-8-10-23-11-9-18;1-12(2)8-10(14)13(11(12)15)9-16-6-7-17(3,4)5;1-11(2)9(15)12-10(16)14(11)4-3-13-5-7-17-8-6-13;1-5(2)3(8)6-4(9)7-5/h6-14H2,1-5H3;6-9H2,1-5H3;3-8H2,1-2H3,(H,12,15,16);1-2H3,(H2,6,7,8,9). The molecule has 0 aromatic rings. The van der Waals surface area contributed by atoms with E-state index in [1.807, 2.05) is 13.8 Å². The maximum Gasteiger partial charge on any atom is 0.329 e. The molecule has 6 saturated heterocycles. The molecule has 0 radical (unpaired) electrons. The van der Waals surface area contributed by atoms with Gasteiger partial charge in [0.05, 0.1) is 31.8 Å². The largest absolute Gasteiger partial charge is 0.379 e. The Bertz CT molecular complexity index is 1810. The van der Waals surface area contributed by atoms with Gasteiger partial charge in [-0.05, 0) is 53.6 Å². The third-order valence-corrected chi connectivity index (χ3v) is 15.9. The first-order chi connectivity index (χ1) is 31.3. The predicted octanol–water partition coefficient (Wildman–Crippen LogP) is 3.01. The van der Waals surface area contributed by atoms with Crippen molar-refractivity contribution in [2.45, 2.75) is 130 Å². The van der Waals surface area contributed by atoms with E-state index in [1.54, 1.807) is 51.3 Å². The summed E-state index contributed by atoms with van der Waals surface area (Å²) in [6.45, 7) is 38.3.